The molecule has 0 bridgehead atoms. The summed E-state index contributed by atoms with van der Waals surface area (Å²) in [5.41, 5.74) is 0.874. The van der Waals surface area contributed by atoms with Gasteiger partial charge < -0.3 is 0 Å². The van der Waals surface area contributed by atoms with Crippen LogP contribution in [0.25, 0.3) is 16.9 Å². The van der Waals surface area contributed by atoms with E-state index in [1.807, 2.05) is 24.3 Å². The van der Waals surface area contributed by atoms with Gasteiger partial charge in [0.15, 0.2) is 11.2 Å². The zero-order chi connectivity index (χ0) is 15.0. The molecule has 0 aliphatic rings. The second kappa shape index (κ2) is 5.21. The molecule has 0 unspecified atom stereocenters. The molecule has 21 heavy (non-hydrogen) atoms. The molecule has 0 radical (unpaired) electrons. The van der Waals surface area contributed by atoms with Crippen molar-refractivity contribution in [3.05, 3.63) is 45.4 Å². The summed E-state index contributed by atoms with van der Waals surface area (Å²) in [6, 6.07) is 7.39. The zero-order valence-electron chi connectivity index (χ0n) is 11.0. The third kappa shape index (κ3) is 2.49. The van der Waals surface area contributed by atoms with Gasteiger partial charge in [-0.2, -0.15) is 4.68 Å². The second-order valence-corrected chi connectivity index (χ2v) is 5.45. The first-order chi connectivity index (χ1) is 10.1. The summed E-state index contributed by atoms with van der Waals surface area (Å²) < 4.78 is 3.65. The molecule has 0 aliphatic carbocycles. The van der Waals surface area contributed by atoms with Gasteiger partial charge in [-0.15, -0.1) is 5.10 Å². The van der Waals surface area contributed by atoms with Gasteiger partial charge in [0.2, 0.25) is 0 Å². The average Bonchev–Trinajstić information content (AvgIpc) is 2.87. The molecule has 0 amide bonds. The van der Waals surface area contributed by atoms with E-state index in [1.165, 1.54) is 22.5 Å². The Morgan fingerprint density at radius 2 is 2.00 bits per heavy atom. The average molecular weight is 348 g/mol. The topological polar surface area (TPSA) is 82.7 Å². The summed E-state index contributed by atoms with van der Waals surface area (Å²) in [6.07, 6.45) is 1.34. The van der Waals surface area contributed by atoms with E-state index in [2.05, 4.69) is 31.2 Å². The zero-order valence-corrected chi connectivity index (χ0v) is 12.6. The van der Waals surface area contributed by atoms with Gasteiger partial charge in [0.05, 0.1) is 12.2 Å². The first kappa shape index (κ1) is 13.6. The number of nitrogens with zero attached hydrogens (tertiary/aromatic N) is 5. The Morgan fingerprint density at radius 3 is 2.67 bits per heavy atom. The van der Waals surface area contributed by atoms with Crippen molar-refractivity contribution in [3.8, 4) is 5.69 Å². The molecule has 0 saturated heterocycles. The molecule has 106 valence electrons. The third-order valence-electron chi connectivity index (χ3n) is 2.89. The Balaban J connectivity index is 2.15. The number of benzene rings is 1. The standard InChI is InChI=1S/C13H10BrN5O2/c1-8(20)6-18-7-15-12-11(13(18)21)16-17-19(12)10-4-2-9(14)3-5-10/h2-5,7H,6H2,1H3. The van der Waals surface area contributed by atoms with E-state index < -0.39 is 0 Å². The molecule has 0 atom stereocenters. The number of ketones is 1. The molecular formula is C13H10BrN5O2. The van der Waals surface area contributed by atoms with Crippen molar-refractivity contribution >= 4 is 32.9 Å². The van der Waals surface area contributed by atoms with E-state index in [9.17, 15) is 9.59 Å². The van der Waals surface area contributed by atoms with Gasteiger partial charge >= 0.3 is 0 Å². The minimum Gasteiger partial charge on any atom is -0.298 e. The minimum atomic E-state index is -0.376. The largest absolute Gasteiger partial charge is 0.298 e. The maximum atomic E-state index is 12.2. The highest BCUT2D eigenvalue weighted by atomic mass is 79.9. The maximum Gasteiger partial charge on any atom is 0.283 e. The lowest BCUT2D eigenvalue weighted by molar-refractivity contribution is -0.117. The third-order valence-corrected chi connectivity index (χ3v) is 3.42. The SMILES string of the molecule is CC(=O)Cn1cnc2c(nnn2-c2ccc(Br)cc2)c1=O. The van der Waals surface area contributed by atoms with E-state index in [1.54, 1.807) is 0 Å². The molecule has 0 N–H and O–H groups in total. The predicted octanol–water partition coefficient (Wildman–Crippen LogP) is 1.33. The van der Waals surface area contributed by atoms with E-state index in [-0.39, 0.29) is 23.4 Å². The van der Waals surface area contributed by atoms with Crippen molar-refractivity contribution in [1.82, 2.24) is 24.5 Å². The lowest BCUT2D eigenvalue weighted by Gasteiger charge is -2.03. The molecule has 0 spiro atoms. The lowest BCUT2D eigenvalue weighted by Crippen LogP contribution is -2.23. The lowest BCUT2D eigenvalue weighted by atomic mass is 10.3. The number of halogens is 1. The van der Waals surface area contributed by atoms with Crippen LogP contribution in [0.4, 0.5) is 0 Å². The number of carbonyl (C=O) groups excluding carboxylic acids is 1. The number of fused-ring (bicyclic) bond motifs is 1. The second-order valence-electron chi connectivity index (χ2n) is 4.53. The van der Waals surface area contributed by atoms with Crippen LogP contribution in [0.15, 0.2) is 39.9 Å². The molecule has 0 saturated carbocycles. The normalized spacial score (nSPS) is 11.0. The van der Waals surface area contributed by atoms with Crippen LogP contribution in [-0.2, 0) is 11.3 Å². The van der Waals surface area contributed by atoms with E-state index in [0.29, 0.717) is 5.65 Å². The maximum absolute atomic E-state index is 12.2. The van der Waals surface area contributed by atoms with Crippen LogP contribution >= 0.6 is 15.9 Å². The first-order valence-electron chi connectivity index (χ1n) is 6.12. The number of hydrogen-bond donors (Lipinski definition) is 0. The first-order valence-corrected chi connectivity index (χ1v) is 6.92. The highest BCUT2D eigenvalue weighted by molar-refractivity contribution is 9.10. The van der Waals surface area contributed by atoms with Gasteiger partial charge in [0.1, 0.15) is 12.1 Å². The molecule has 2 heterocycles. The Hall–Kier alpha value is -2.35. The molecule has 2 aromatic heterocycles. The fourth-order valence-corrected chi connectivity index (χ4v) is 2.22. The fraction of sp³-hybridized carbons (Fsp3) is 0.154. The molecule has 3 rings (SSSR count). The van der Waals surface area contributed by atoms with Gasteiger partial charge in [-0.05, 0) is 31.2 Å². The summed E-state index contributed by atoms with van der Waals surface area (Å²) >= 11 is 3.36. The number of aromatic nitrogens is 5. The van der Waals surface area contributed by atoms with Gasteiger partial charge in [0.25, 0.3) is 5.56 Å². The van der Waals surface area contributed by atoms with Gasteiger partial charge in [0, 0.05) is 4.47 Å². The summed E-state index contributed by atoms with van der Waals surface area (Å²) in [7, 11) is 0. The predicted molar refractivity (Wildman–Crippen MR) is 79.3 cm³/mol. The van der Waals surface area contributed by atoms with Crippen molar-refractivity contribution in [2.75, 3.05) is 0 Å². The molecule has 7 nitrogen and oxygen atoms in total. The van der Waals surface area contributed by atoms with Crippen molar-refractivity contribution in [1.29, 1.82) is 0 Å². The number of hydrogen-bond acceptors (Lipinski definition) is 5. The van der Waals surface area contributed by atoms with Crippen molar-refractivity contribution in [2.45, 2.75) is 13.5 Å². The molecule has 0 aliphatic heterocycles. The van der Waals surface area contributed by atoms with Crippen LogP contribution in [0, 0.1) is 0 Å². The van der Waals surface area contributed by atoms with Gasteiger partial charge in [-0.3, -0.25) is 14.2 Å². The van der Waals surface area contributed by atoms with E-state index in [0.717, 1.165) is 10.2 Å². The summed E-state index contributed by atoms with van der Waals surface area (Å²) in [4.78, 5) is 27.5. The number of Topliss-reactive ketones (excluding diaryl/α,β-unsaturated/α-hetero) is 1. The van der Waals surface area contributed by atoms with Gasteiger partial charge in [-0.25, -0.2) is 4.98 Å². The van der Waals surface area contributed by atoms with Crippen LogP contribution in [0.5, 0.6) is 0 Å². The van der Waals surface area contributed by atoms with Gasteiger partial charge in [-0.1, -0.05) is 21.1 Å². The Kier molecular flexibility index (Phi) is 3.38. The summed E-state index contributed by atoms with van der Waals surface area (Å²) in [6.45, 7) is 1.39. The van der Waals surface area contributed by atoms with Crippen LogP contribution in [-0.4, -0.2) is 30.3 Å². The van der Waals surface area contributed by atoms with Crippen molar-refractivity contribution in [3.63, 3.8) is 0 Å². The van der Waals surface area contributed by atoms with Crippen molar-refractivity contribution < 1.29 is 4.79 Å². The molecule has 0 fully saturated rings. The molecule has 3 aromatic rings. The molecule has 8 heteroatoms. The number of rotatable bonds is 3. The smallest absolute Gasteiger partial charge is 0.283 e. The van der Waals surface area contributed by atoms with Crippen LogP contribution in [0.3, 0.4) is 0 Å². The molecule has 1 aromatic carbocycles. The van der Waals surface area contributed by atoms with Crippen LogP contribution in [0.1, 0.15) is 6.92 Å². The highest BCUT2D eigenvalue weighted by Gasteiger charge is 2.13. The molecular weight excluding hydrogens is 338 g/mol. The monoisotopic (exact) mass is 347 g/mol. The van der Waals surface area contributed by atoms with Crippen LogP contribution < -0.4 is 5.56 Å². The Morgan fingerprint density at radius 1 is 1.29 bits per heavy atom. The highest BCUT2D eigenvalue weighted by Crippen LogP contribution is 2.15. The fourth-order valence-electron chi connectivity index (χ4n) is 1.95. The van der Waals surface area contributed by atoms with Crippen LogP contribution in [0.2, 0.25) is 0 Å². The Bertz CT molecular complexity index is 882. The van der Waals surface area contributed by atoms with Crippen molar-refractivity contribution in [2.24, 2.45) is 0 Å². The number of carbonyl (C=O) groups is 1. The van der Waals surface area contributed by atoms with E-state index in [4.69, 9.17) is 0 Å². The Labute approximate surface area is 127 Å². The summed E-state index contributed by atoms with van der Waals surface area (Å²) in [5.74, 6) is -0.126. The minimum absolute atomic E-state index is 0.0209. The van der Waals surface area contributed by atoms with E-state index >= 15 is 0 Å². The quantitative estimate of drug-likeness (QED) is 0.713. The summed E-state index contributed by atoms with van der Waals surface area (Å²) in [5, 5.41) is 7.85.